The maximum absolute atomic E-state index is 13.3. The minimum Gasteiger partial charge on any atom is -0.376 e. The van der Waals surface area contributed by atoms with Gasteiger partial charge >= 0.3 is 6.18 Å². The molecule has 8 heteroatoms. The van der Waals surface area contributed by atoms with E-state index in [1.54, 1.807) is 13.0 Å². The molecule has 1 aromatic heterocycles. The number of halogens is 3. The highest BCUT2D eigenvalue weighted by molar-refractivity contribution is 5.92. The smallest absolute Gasteiger partial charge is 0.376 e. The number of benzene rings is 1. The second-order valence-corrected chi connectivity index (χ2v) is 5.05. The third kappa shape index (κ3) is 3.70. The van der Waals surface area contributed by atoms with Crippen LogP contribution in [0.1, 0.15) is 28.2 Å². The van der Waals surface area contributed by atoms with Gasteiger partial charge in [0.25, 0.3) is 5.91 Å². The van der Waals surface area contributed by atoms with Crippen molar-refractivity contribution in [1.82, 2.24) is 10.5 Å². The predicted octanol–water partition coefficient (Wildman–Crippen LogP) is 2.55. The average Bonchev–Trinajstić information content (AvgIpc) is 2.93. The van der Waals surface area contributed by atoms with Crippen LogP contribution in [0.15, 0.2) is 40.9 Å². The number of carbonyl (C=O) groups is 1. The van der Waals surface area contributed by atoms with E-state index in [1.165, 1.54) is 30.3 Å². The van der Waals surface area contributed by atoms with Gasteiger partial charge in [0.15, 0.2) is 11.3 Å². The summed E-state index contributed by atoms with van der Waals surface area (Å²) < 4.78 is 44.5. The van der Waals surface area contributed by atoms with Crippen molar-refractivity contribution in [1.29, 1.82) is 0 Å². The van der Waals surface area contributed by atoms with Crippen molar-refractivity contribution >= 4 is 5.91 Å². The molecule has 23 heavy (non-hydrogen) atoms. The highest BCUT2D eigenvalue weighted by atomic mass is 19.4. The van der Waals surface area contributed by atoms with Gasteiger partial charge in [-0.15, -0.1) is 0 Å². The maximum atomic E-state index is 13.3. The SMILES string of the molecule is Cc1cc(C(=O)NCCC(O)(c2ccccc2)C(F)(F)F)no1. The van der Waals surface area contributed by atoms with E-state index in [-0.39, 0.29) is 17.8 Å². The number of hydrogen-bond donors (Lipinski definition) is 2. The summed E-state index contributed by atoms with van der Waals surface area (Å²) in [6.45, 7) is 1.21. The molecule has 0 fully saturated rings. The molecule has 1 aromatic carbocycles. The fourth-order valence-electron chi connectivity index (χ4n) is 2.08. The van der Waals surface area contributed by atoms with Crippen LogP contribution in [-0.2, 0) is 5.60 Å². The zero-order valence-electron chi connectivity index (χ0n) is 12.2. The van der Waals surface area contributed by atoms with Crippen LogP contribution in [-0.4, -0.2) is 28.9 Å². The van der Waals surface area contributed by atoms with Crippen LogP contribution in [0.2, 0.25) is 0 Å². The lowest BCUT2D eigenvalue weighted by Gasteiger charge is -2.31. The van der Waals surface area contributed by atoms with Crippen LogP contribution in [0, 0.1) is 6.92 Å². The van der Waals surface area contributed by atoms with Gasteiger partial charge in [-0.1, -0.05) is 35.5 Å². The Morgan fingerprint density at radius 3 is 2.48 bits per heavy atom. The molecule has 0 saturated carbocycles. The fraction of sp³-hybridized carbons (Fsp3) is 0.333. The average molecular weight is 328 g/mol. The van der Waals surface area contributed by atoms with Crippen molar-refractivity contribution in [3.05, 3.63) is 53.4 Å². The number of nitrogens with one attached hydrogen (secondary N) is 1. The predicted molar refractivity (Wildman–Crippen MR) is 74.6 cm³/mol. The molecule has 0 saturated heterocycles. The Balaban J connectivity index is 2.07. The summed E-state index contributed by atoms with van der Waals surface area (Å²) in [4.78, 5) is 11.7. The van der Waals surface area contributed by atoms with Gasteiger partial charge in [-0.05, 0) is 12.5 Å². The molecule has 0 aliphatic rings. The lowest BCUT2D eigenvalue weighted by Crippen LogP contribution is -2.45. The maximum Gasteiger partial charge on any atom is 0.421 e. The zero-order chi connectivity index (χ0) is 17.1. The number of carbonyl (C=O) groups excluding carboxylic acids is 1. The van der Waals surface area contributed by atoms with Crippen LogP contribution in [0.3, 0.4) is 0 Å². The topological polar surface area (TPSA) is 75.4 Å². The van der Waals surface area contributed by atoms with E-state index in [2.05, 4.69) is 10.5 Å². The Hall–Kier alpha value is -2.35. The molecule has 2 rings (SSSR count). The quantitative estimate of drug-likeness (QED) is 0.884. The molecule has 0 bridgehead atoms. The van der Waals surface area contributed by atoms with Gasteiger partial charge in [0.1, 0.15) is 5.76 Å². The van der Waals surface area contributed by atoms with Crippen molar-refractivity contribution in [2.75, 3.05) is 6.54 Å². The number of amides is 1. The Bertz CT molecular complexity index is 670. The minimum absolute atomic E-state index is 0.0299. The molecule has 1 amide bonds. The Kier molecular flexibility index (Phi) is 4.74. The number of aliphatic hydroxyl groups is 1. The third-order valence-corrected chi connectivity index (χ3v) is 3.35. The first kappa shape index (κ1) is 17.0. The van der Waals surface area contributed by atoms with Gasteiger partial charge < -0.3 is 14.9 Å². The van der Waals surface area contributed by atoms with Gasteiger partial charge in [-0.3, -0.25) is 4.79 Å². The van der Waals surface area contributed by atoms with E-state index in [9.17, 15) is 23.1 Å². The monoisotopic (exact) mass is 328 g/mol. The molecule has 0 aliphatic carbocycles. The molecule has 124 valence electrons. The van der Waals surface area contributed by atoms with Crippen LogP contribution in [0.25, 0.3) is 0 Å². The fourth-order valence-corrected chi connectivity index (χ4v) is 2.08. The molecule has 1 atom stereocenters. The molecule has 0 spiro atoms. The van der Waals surface area contributed by atoms with Crippen LogP contribution in [0.4, 0.5) is 13.2 Å². The molecule has 2 aromatic rings. The summed E-state index contributed by atoms with van der Waals surface area (Å²) in [5.41, 5.74) is -3.35. The van der Waals surface area contributed by atoms with E-state index in [1.807, 2.05) is 0 Å². The number of rotatable bonds is 5. The van der Waals surface area contributed by atoms with Crippen molar-refractivity contribution in [3.63, 3.8) is 0 Å². The molecular formula is C15H15F3N2O3. The second kappa shape index (κ2) is 6.41. The highest BCUT2D eigenvalue weighted by Gasteiger charge is 2.54. The first-order valence-electron chi connectivity index (χ1n) is 6.80. The second-order valence-electron chi connectivity index (χ2n) is 5.05. The van der Waals surface area contributed by atoms with Gasteiger partial charge in [-0.25, -0.2) is 0 Å². The van der Waals surface area contributed by atoms with Gasteiger partial charge in [0.05, 0.1) is 0 Å². The van der Waals surface area contributed by atoms with Crippen molar-refractivity contribution < 1.29 is 27.6 Å². The van der Waals surface area contributed by atoms with Gasteiger partial charge in [0.2, 0.25) is 0 Å². The number of alkyl halides is 3. The van der Waals surface area contributed by atoms with Crippen LogP contribution < -0.4 is 5.32 Å². The first-order valence-corrected chi connectivity index (χ1v) is 6.80. The van der Waals surface area contributed by atoms with Gasteiger partial charge in [-0.2, -0.15) is 13.2 Å². The summed E-state index contributed by atoms with van der Waals surface area (Å²) in [5, 5.41) is 15.9. The van der Waals surface area contributed by atoms with E-state index in [4.69, 9.17) is 4.52 Å². The third-order valence-electron chi connectivity index (χ3n) is 3.35. The molecule has 2 N–H and O–H groups in total. The standard InChI is InChI=1S/C15H15F3N2O3/c1-10-9-12(20-23-10)13(21)19-8-7-14(22,15(16,17)18)11-5-3-2-4-6-11/h2-6,9,22H,7-8H2,1H3,(H,19,21). The highest BCUT2D eigenvalue weighted by Crippen LogP contribution is 2.41. The Morgan fingerprint density at radius 1 is 1.30 bits per heavy atom. The molecule has 1 heterocycles. The normalized spacial score (nSPS) is 14.3. The summed E-state index contributed by atoms with van der Waals surface area (Å²) in [6.07, 6.45) is -5.59. The largest absolute Gasteiger partial charge is 0.421 e. The molecule has 5 nitrogen and oxygen atoms in total. The summed E-state index contributed by atoms with van der Waals surface area (Å²) in [6, 6.07) is 8.11. The zero-order valence-corrected chi connectivity index (χ0v) is 12.2. The van der Waals surface area contributed by atoms with E-state index in [0.717, 1.165) is 0 Å². The number of nitrogens with zero attached hydrogens (tertiary/aromatic N) is 1. The molecule has 0 aliphatic heterocycles. The molecule has 0 radical (unpaired) electrons. The number of hydrogen-bond acceptors (Lipinski definition) is 4. The molecular weight excluding hydrogens is 313 g/mol. The first-order chi connectivity index (χ1) is 10.7. The van der Waals surface area contributed by atoms with Crippen LogP contribution >= 0.6 is 0 Å². The number of aryl methyl sites for hydroxylation is 1. The number of aromatic nitrogens is 1. The van der Waals surface area contributed by atoms with E-state index < -0.39 is 24.1 Å². The summed E-state index contributed by atoms with van der Waals surface area (Å²) in [5.74, 6) is -0.259. The van der Waals surface area contributed by atoms with Crippen molar-refractivity contribution in [2.24, 2.45) is 0 Å². The summed E-state index contributed by atoms with van der Waals surface area (Å²) >= 11 is 0. The summed E-state index contributed by atoms with van der Waals surface area (Å²) in [7, 11) is 0. The lowest BCUT2D eigenvalue weighted by molar-refractivity contribution is -0.268. The van der Waals surface area contributed by atoms with Crippen molar-refractivity contribution in [2.45, 2.75) is 25.1 Å². The lowest BCUT2D eigenvalue weighted by atomic mass is 9.89. The molecule has 1 unspecified atom stereocenters. The van der Waals surface area contributed by atoms with Crippen LogP contribution in [0.5, 0.6) is 0 Å². The Labute approximate surface area is 130 Å². The minimum atomic E-state index is -4.87. The van der Waals surface area contributed by atoms with Gasteiger partial charge in [0, 0.05) is 19.0 Å². The Morgan fingerprint density at radius 2 is 1.96 bits per heavy atom. The van der Waals surface area contributed by atoms with E-state index in [0.29, 0.717) is 5.76 Å². The van der Waals surface area contributed by atoms with E-state index >= 15 is 0 Å². The van der Waals surface area contributed by atoms with Crippen molar-refractivity contribution in [3.8, 4) is 0 Å².